The van der Waals surface area contributed by atoms with Crippen LogP contribution in [0.1, 0.15) is 0 Å². The van der Waals surface area contributed by atoms with Gasteiger partial charge in [-0.2, -0.15) is 0 Å². The second kappa shape index (κ2) is 5.83. The van der Waals surface area contributed by atoms with E-state index in [1.807, 2.05) is 30.3 Å². The lowest BCUT2D eigenvalue weighted by atomic mass is 10.1. The van der Waals surface area contributed by atoms with Gasteiger partial charge in [0.25, 0.3) is 0 Å². The van der Waals surface area contributed by atoms with Gasteiger partial charge in [-0.15, -0.1) is 0 Å². The van der Waals surface area contributed by atoms with Crippen molar-refractivity contribution < 1.29 is 9.53 Å². The van der Waals surface area contributed by atoms with Crippen LogP contribution in [0.5, 0.6) is 0 Å². The van der Waals surface area contributed by atoms with Gasteiger partial charge in [0, 0.05) is 11.9 Å². The highest BCUT2D eigenvalue weighted by molar-refractivity contribution is 6.21. The normalized spacial score (nSPS) is 16.4. The van der Waals surface area contributed by atoms with Gasteiger partial charge in [-0.05, 0) is 18.2 Å². The van der Waals surface area contributed by atoms with E-state index >= 15 is 0 Å². The van der Waals surface area contributed by atoms with Crippen molar-refractivity contribution >= 4 is 23.6 Å². The van der Waals surface area contributed by atoms with Crippen molar-refractivity contribution in [3.8, 4) is 0 Å². The van der Waals surface area contributed by atoms with Crippen molar-refractivity contribution in [2.45, 2.75) is 0 Å². The van der Waals surface area contributed by atoms with Crippen molar-refractivity contribution in [1.82, 2.24) is 0 Å². The molecule has 0 aliphatic carbocycles. The summed E-state index contributed by atoms with van der Waals surface area (Å²) in [6.45, 7) is 0. The predicted octanol–water partition coefficient (Wildman–Crippen LogP) is 1.43. The number of esters is 1. The maximum Gasteiger partial charge on any atom is 0.339 e. The summed E-state index contributed by atoms with van der Waals surface area (Å²) in [5, 5.41) is 10.8. The van der Waals surface area contributed by atoms with Gasteiger partial charge in [0.1, 0.15) is 11.5 Å². The number of benzene rings is 1. The Morgan fingerprint density at radius 3 is 2.65 bits per heavy atom. The van der Waals surface area contributed by atoms with E-state index in [-0.39, 0.29) is 22.8 Å². The Morgan fingerprint density at radius 2 is 2.05 bits per heavy atom. The molecule has 1 aliphatic rings. The SMILES string of the molecule is COC(=O)C1=CC(=N)/C(=C(/N)Nc2ccccc2)N=C1. The van der Waals surface area contributed by atoms with E-state index in [9.17, 15) is 4.79 Å². The largest absolute Gasteiger partial charge is 0.465 e. The summed E-state index contributed by atoms with van der Waals surface area (Å²) < 4.78 is 4.57. The Hall–Kier alpha value is -2.89. The molecule has 1 aromatic carbocycles. The Labute approximate surface area is 116 Å². The average Bonchev–Trinajstić information content (AvgIpc) is 2.47. The van der Waals surface area contributed by atoms with Crippen LogP contribution in [0.3, 0.4) is 0 Å². The number of para-hydroxylation sites is 1. The first kappa shape index (κ1) is 13.5. The maximum atomic E-state index is 11.3. The molecular weight excluding hydrogens is 256 g/mol. The monoisotopic (exact) mass is 270 g/mol. The Balaban J connectivity index is 2.20. The van der Waals surface area contributed by atoms with Gasteiger partial charge in [0.15, 0.2) is 0 Å². The zero-order valence-electron chi connectivity index (χ0n) is 10.9. The Kier molecular flexibility index (Phi) is 3.95. The molecule has 1 heterocycles. The van der Waals surface area contributed by atoms with Crippen LogP contribution < -0.4 is 11.1 Å². The molecule has 0 saturated carbocycles. The summed E-state index contributed by atoms with van der Waals surface area (Å²) in [6.07, 6.45) is 2.70. The van der Waals surface area contributed by atoms with Crippen LogP contribution in [0.2, 0.25) is 0 Å². The molecule has 20 heavy (non-hydrogen) atoms. The fourth-order valence-corrected chi connectivity index (χ4v) is 1.65. The predicted molar refractivity (Wildman–Crippen MR) is 77.6 cm³/mol. The number of ether oxygens (including phenoxy) is 1. The molecule has 0 unspecified atom stereocenters. The van der Waals surface area contributed by atoms with Gasteiger partial charge in [-0.3, -0.25) is 5.41 Å². The molecule has 1 aliphatic heterocycles. The van der Waals surface area contributed by atoms with Crippen LogP contribution in [0.15, 0.2) is 58.5 Å². The third kappa shape index (κ3) is 2.92. The molecule has 0 spiro atoms. The minimum atomic E-state index is -0.535. The molecule has 0 bridgehead atoms. The number of methoxy groups -OCH3 is 1. The molecule has 0 aromatic heterocycles. The second-order valence-corrected chi connectivity index (χ2v) is 4.02. The highest BCUT2D eigenvalue weighted by atomic mass is 16.5. The maximum absolute atomic E-state index is 11.3. The van der Waals surface area contributed by atoms with Crippen molar-refractivity contribution in [3.63, 3.8) is 0 Å². The number of nitrogens with two attached hydrogens (primary N) is 1. The van der Waals surface area contributed by atoms with E-state index in [4.69, 9.17) is 11.1 Å². The molecule has 4 N–H and O–H groups in total. The molecular formula is C14H14N4O2. The second-order valence-electron chi connectivity index (χ2n) is 4.02. The average molecular weight is 270 g/mol. The van der Waals surface area contributed by atoms with E-state index in [0.29, 0.717) is 0 Å². The van der Waals surface area contributed by atoms with E-state index in [0.717, 1.165) is 5.69 Å². The van der Waals surface area contributed by atoms with Crippen molar-refractivity contribution in [3.05, 3.63) is 53.5 Å². The molecule has 0 amide bonds. The van der Waals surface area contributed by atoms with Gasteiger partial charge in [0.2, 0.25) is 0 Å². The quantitative estimate of drug-likeness (QED) is 0.723. The Morgan fingerprint density at radius 1 is 1.35 bits per heavy atom. The van der Waals surface area contributed by atoms with E-state index in [1.165, 1.54) is 19.4 Å². The highest BCUT2D eigenvalue weighted by Crippen LogP contribution is 2.15. The molecule has 0 fully saturated rings. The minimum absolute atomic E-state index is 0.0498. The topological polar surface area (TPSA) is 101 Å². The van der Waals surface area contributed by atoms with E-state index < -0.39 is 5.97 Å². The summed E-state index contributed by atoms with van der Waals surface area (Å²) in [5.41, 5.74) is 7.23. The van der Waals surface area contributed by atoms with Gasteiger partial charge in [-0.25, -0.2) is 9.79 Å². The number of hydrogen-bond acceptors (Lipinski definition) is 6. The van der Waals surface area contributed by atoms with E-state index in [1.54, 1.807) is 0 Å². The molecule has 0 radical (unpaired) electrons. The Bertz CT molecular complexity index is 630. The standard InChI is InChI=1S/C14H14N4O2/c1-20-14(19)9-7-11(15)12(17-8-9)13(16)18-10-5-3-2-4-6-10/h2-8,15,18H,16H2,1H3/b13-12+,15-11?. The number of aliphatic imine (C=N–C) groups is 1. The first-order valence-corrected chi connectivity index (χ1v) is 5.86. The van der Waals surface area contributed by atoms with Crippen LogP contribution >= 0.6 is 0 Å². The van der Waals surface area contributed by atoms with Gasteiger partial charge >= 0.3 is 5.97 Å². The smallest absolute Gasteiger partial charge is 0.339 e. The van der Waals surface area contributed by atoms with Gasteiger partial charge in [-0.1, -0.05) is 18.2 Å². The molecule has 0 saturated heterocycles. The summed E-state index contributed by atoms with van der Waals surface area (Å²) in [4.78, 5) is 15.4. The number of nitrogens with zero attached hydrogens (tertiary/aromatic N) is 1. The number of carbonyl (C=O) groups is 1. The zero-order valence-corrected chi connectivity index (χ0v) is 10.9. The summed E-state index contributed by atoms with van der Waals surface area (Å²) in [5.74, 6) is -0.287. The van der Waals surface area contributed by atoms with Gasteiger partial charge in [0.05, 0.1) is 18.4 Å². The van der Waals surface area contributed by atoms with Crippen molar-refractivity contribution in [2.75, 3.05) is 12.4 Å². The fraction of sp³-hybridized carbons (Fsp3) is 0.0714. The molecule has 102 valence electrons. The molecule has 6 nitrogen and oxygen atoms in total. The highest BCUT2D eigenvalue weighted by Gasteiger charge is 2.17. The number of hydrogen-bond donors (Lipinski definition) is 3. The third-order valence-electron chi connectivity index (χ3n) is 2.62. The van der Waals surface area contributed by atoms with Crippen LogP contribution in [-0.4, -0.2) is 25.0 Å². The van der Waals surface area contributed by atoms with Crippen LogP contribution in [0, 0.1) is 5.41 Å². The number of allylic oxidation sites excluding steroid dienone is 1. The fourth-order valence-electron chi connectivity index (χ4n) is 1.65. The minimum Gasteiger partial charge on any atom is -0.465 e. The molecule has 0 atom stereocenters. The van der Waals surface area contributed by atoms with Crippen LogP contribution in [0.25, 0.3) is 0 Å². The van der Waals surface area contributed by atoms with Crippen molar-refractivity contribution in [2.24, 2.45) is 10.7 Å². The third-order valence-corrected chi connectivity index (χ3v) is 2.62. The van der Waals surface area contributed by atoms with Crippen LogP contribution in [-0.2, 0) is 9.53 Å². The number of nitrogens with one attached hydrogen (secondary N) is 2. The first-order chi connectivity index (χ1) is 9.61. The number of dihydropyridines is 1. The molecule has 6 heteroatoms. The number of carbonyl (C=O) groups excluding carboxylic acids is 1. The zero-order chi connectivity index (χ0) is 14.5. The lowest BCUT2D eigenvalue weighted by Gasteiger charge is -2.13. The lowest BCUT2D eigenvalue weighted by molar-refractivity contribution is -0.135. The molecule has 1 aromatic rings. The van der Waals surface area contributed by atoms with Crippen molar-refractivity contribution in [1.29, 1.82) is 5.41 Å². The van der Waals surface area contributed by atoms with E-state index in [2.05, 4.69) is 15.0 Å². The van der Waals surface area contributed by atoms with Gasteiger partial charge < -0.3 is 15.8 Å². The number of rotatable bonds is 3. The number of anilines is 1. The lowest BCUT2D eigenvalue weighted by Crippen LogP contribution is -2.19. The van der Waals surface area contributed by atoms with Crippen LogP contribution in [0.4, 0.5) is 5.69 Å². The molecule has 2 rings (SSSR count). The first-order valence-electron chi connectivity index (χ1n) is 5.86. The summed E-state index contributed by atoms with van der Waals surface area (Å²) in [6, 6.07) is 9.31. The summed E-state index contributed by atoms with van der Waals surface area (Å²) >= 11 is 0. The summed E-state index contributed by atoms with van der Waals surface area (Å²) in [7, 11) is 1.28.